The van der Waals surface area contributed by atoms with E-state index in [9.17, 15) is 35.1 Å². The van der Waals surface area contributed by atoms with E-state index in [0.717, 1.165) is 24.3 Å². The van der Waals surface area contributed by atoms with Gasteiger partial charge in [-0.05, 0) is 92.2 Å². The summed E-state index contributed by atoms with van der Waals surface area (Å²) in [6.07, 6.45) is -9.79. The van der Waals surface area contributed by atoms with Gasteiger partial charge in [-0.25, -0.2) is 12.4 Å². The molecule has 0 N–H and O–H groups in total. The Morgan fingerprint density at radius 3 is 1.32 bits per heavy atom. The minimum atomic E-state index is -4.89. The van der Waals surface area contributed by atoms with E-state index in [1.807, 2.05) is 0 Å². The summed E-state index contributed by atoms with van der Waals surface area (Å²) >= 11 is 5.15. The molecule has 13 heteroatoms. The van der Waals surface area contributed by atoms with Crippen LogP contribution in [0.25, 0.3) is 0 Å². The predicted molar refractivity (Wildman–Crippen MR) is 112 cm³/mol. The molecular formula is C18H12Br2F8OS2. The van der Waals surface area contributed by atoms with Crippen LogP contribution >= 0.6 is 55.9 Å². The third-order valence-corrected chi connectivity index (χ3v) is 7.32. The Labute approximate surface area is 198 Å². The van der Waals surface area contributed by atoms with Gasteiger partial charge in [0, 0.05) is 24.1 Å². The molecular weight excluding hydrogens is 608 g/mol. The first-order chi connectivity index (χ1) is 14.1. The highest BCUT2D eigenvalue weighted by molar-refractivity contribution is 9.10. The van der Waals surface area contributed by atoms with Gasteiger partial charge in [0.1, 0.15) is 11.6 Å². The molecule has 172 valence electrons. The van der Waals surface area contributed by atoms with E-state index in [0.29, 0.717) is 0 Å². The average Bonchev–Trinajstić information content (AvgIpc) is 2.60. The van der Waals surface area contributed by atoms with Crippen molar-refractivity contribution in [3.8, 4) is 0 Å². The molecule has 0 aliphatic carbocycles. The van der Waals surface area contributed by atoms with Crippen LogP contribution in [-0.2, 0) is 3.63 Å². The van der Waals surface area contributed by atoms with Gasteiger partial charge in [-0.1, -0.05) is 0 Å². The molecule has 0 saturated heterocycles. The second-order valence-electron chi connectivity index (χ2n) is 6.35. The lowest BCUT2D eigenvalue weighted by molar-refractivity contribution is -0.130. The standard InChI is InChI=1S/C18H12Br2F8OS2/c1-7-3-13(21)11(19)5-9(7)15(17(23,24)25)30-29-31-16(18(26,27)28)10-6-12(20)14(22)4-8(10)2/h3-6,15-16H,1-2H3. The van der Waals surface area contributed by atoms with E-state index >= 15 is 0 Å². The normalized spacial score (nSPS) is 14.6. The van der Waals surface area contributed by atoms with Gasteiger partial charge in [-0.2, -0.15) is 26.3 Å². The largest absolute Gasteiger partial charge is 0.406 e. The van der Waals surface area contributed by atoms with Crippen molar-refractivity contribution < 1.29 is 38.8 Å². The van der Waals surface area contributed by atoms with Crippen molar-refractivity contribution in [2.24, 2.45) is 0 Å². The third-order valence-electron chi connectivity index (χ3n) is 4.05. The predicted octanol–water partition coefficient (Wildman–Crippen LogP) is 9.33. The summed E-state index contributed by atoms with van der Waals surface area (Å²) in [4.78, 5) is 0. The van der Waals surface area contributed by atoms with Crippen LogP contribution in [0.5, 0.6) is 0 Å². The number of halogens is 10. The molecule has 2 unspecified atom stereocenters. The van der Waals surface area contributed by atoms with Gasteiger partial charge in [0.2, 0.25) is 0 Å². The second-order valence-corrected chi connectivity index (χ2v) is 9.93. The van der Waals surface area contributed by atoms with Gasteiger partial charge in [0.05, 0.1) is 8.95 Å². The Morgan fingerprint density at radius 2 is 1.03 bits per heavy atom. The maximum absolute atomic E-state index is 13.6. The van der Waals surface area contributed by atoms with E-state index in [-0.39, 0.29) is 55.3 Å². The Bertz CT molecular complexity index is 874. The lowest BCUT2D eigenvalue weighted by atomic mass is 10.1. The number of rotatable bonds is 6. The zero-order valence-corrected chi connectivity index (χ0v) is 20.3. The van der Waals surface area contributed by atoms with Gasteiger partial charge in [-0.3, -0.25) is 0 Å². The maximum Gasteiger partial charge on any atom is 0.406 e. The van der Waals surface area contributed by atoms with E-state index in [1.54, 1.807) is 0 Å². The van der Waals surface area contributed by atoms with Crippen molar-refractivity contribution in [2.75, 3.05) is 0 Å². The monoisotopic (exact) mass is 618 g/mol. The molecule has 2 aromatic rings. The molecule has 0 aliphatic heterocycles. The Morgan fingerprint density at radius 1 is 0.710 bits per heavy atom. The molecule has 2 rings (SSSR count). The first kappa shape index (κ1) is 26.7. The summed E-state index contributed by atoms with van der Waals surface area (Å²) < 4.78 is 113. The fraction of sp³-hybridized carbons (Fsp3) is 0.333. The molecule has 0 heterocycles. The molecule has 2 atom stereocenters. The highest BCUT2D eigenvalue weighted by atomic mass is 79.9. The molecule has 1 nitrogen and oxygen atoms in total. The Hall–Kier alpha value is -0.500. The van der Waals surface area contributed by atoms with Gasteiger partial charge in [0.15, 0.2) is 10.5 Å². The third kappa shape index (κ3) is 6.75. The van der Waals surface area contributed by atoms with Crippen LogP contribution in [0.1, 0.15) is 32.8 Å². The lowest BCUT2D eigenvalue weighted by Crippen LogP contribution is -2.21. The fourth-order valence-corrected chi connectivity index (χ4v) is 5.02. The molecule has 0 aliphatic rings. The van der Waals surface area contributed by atoms with E-state index in [4.69, 9.17) is 3.63 Å². The summed E-state index contributed by atoms with van der Waals surface area (Å²) in [5, 5.41) is -4.74. The summed E-state index contributed by atoms with van der Waals surface area (Å²) in [6.45, 7) is 2.49. The van der Waals surface area contributed by atoms with E-state index in [1.165, 1.54) is 13.8 Å². The zero-order chi connectivity index (χ0) is 23.7. The topological polar surface area (TPSA) is 9.23 Å². The van der Waals surface area contributed by atoms with Crippen LogP contribution in [0, 0.1) is 25.5 Å². The van der Waals surface area contributed by atoms with Gasteiger partial charge >= 0.3 is 12.4 Å². The Balaban J connectivity index is 2.31. The minimum absolute atomic E-state index is 0.0465. The van der Waals surface area contributed by atoms with E-state index < -0.39 is 34.5 Å². The van der Waals surface area contributed by atoms with Crippen molar-refractivity contribution >= 4 is 55.9 Å². The van der Waals surface area contributed by atoms with Gasteiger partial charge in [-0.15, -0.1) is 0 Å². The molecule has 0 bridgehead atoms. The van der Waals surface area contributed by atoms with Crippen LogP contribution in [-0.4, -0.2) is 12.4 Å². The van der Waals surface area contributed by atoms with Crippen LogP contribution in [0.4, 0.5) is 35.1 Å². The summed E-state index contributed by atoms with van der Waals surface area (Å²) in [6, 6.07) is 3.58. The molecule has 0 saturated carbocycles. The fourth-order valence-electron chi connectivity index (χ4n) is 2.55. The second kappa shape index (κ2) is 10.2. The van der Waals surface area contributed by atoms with Gasteiger partial charge in [0.25, 0.3) is 0 Å². The molecule has 0 radical (unpaired) electrons. The van der Waals surface area contributed by atoms with Crippen LogP contribution in [0.2, 0.25) is 0 Å². The summed E-state index contributed by atoms with van der Waals surface area (Å²) in [5.74, 6) is -1.56. The van der Waals surface area contributed by atoms with E-state index in [2.05, 4.69) is 31.9 Å². The first-order valence-corrected chi connectivity index (χ1v) is 11.4. The molecule has 31 heavy (non-hydrogen) atoms. The highest BCUT2D eigenvalue weighted by Gasteiger charge is 2.46. The number of hydrogen-bond donors (Lipinski definition) is 0. The molecule has 0 spiro atoms. The quantitative estimate of drug-likeness (QED) is 0.236. The van der Waals surface area contributed by atoms with Crippen LogP contribution in [0.3, 0.4) is 0 Å². The number of alkyl halides is 6. The van der Waals surface area contributed by atoms with Gasteiger partial charge < -0.3 is 0 Å². The average molecular weight is 620 g/mol. The highest BCUT2D eigenvalue weighted by Crippen LogP contribution is 2.52. The number of aryl methyl sites for hydroxylation is 2. The first-order valence-electron chi connectivity index (χ1n) is 8.16. The summed E-state index contributed by atoms with van der Waals surface area (Å²) in [7, 11) is 0. The van der Waals surface area contributed by atoms with Crippen LogP contribution in [0.15, 0.2) is 33.2 Å². The molecule has 0 fully saturated rings. The lowest BCUT2D eigenvalue weighted by Gasteiger charge is -2.24. The SMILES string of the molecule is Cc1cc(F)c(Br)cc1C(SOSC(c1cc(Br)c(F)cc1C)C(F)(F)F)C(F)(F)F. The smallest absolute Gasteiger partial charge is 0.245 e. The van der Waals surface area contributed by atoms with Crippen molar-refractivity contribution in [2.45, 2.75) is 36.7 Å². The van der Waals surface area contributed by atoms with Crippen molar-refractivity contribution in [1.82, 2.24) is 0 Å². The minimum Gasteiger partial charge on any atom is -0.245 e. The zero-order valence-electron chi connectivity index (χ0n) is 15.5. The number of hydrogen-bond acceptors (Lipinski definition) is 3. The number of benzene rings is 2. The van der Waals surface area contributed by atoms with Crippen molar-refractivity contribution in [1.29, 1.82) is 0 Å². The molecule has 0 amide bonds. The van der Waals surface area contributed by atoms with Crippen LogP contribution < -0.4 is 0 Å². The molecule has 0 aromatic heterocycles. The Kier molecular flexibility index (Phi) is 8.79. The van der Waals surface area contributed by atoms with Crippen molar-refractivity contribution in [3.05, 3.63) is 67.1 Å². The van der Waals surface area contributed by atoms with Crippen molar-refractivity contribution in [3.63, 3.8) is 0 Å². The maximum atomic E-state index is 13.6. The summed E-state index contributed by atoms with van der Waals surface area (Å²) in [5.41, 5.74) is -0.823. The molecule has 2 aromatic carbocycles.